The van der Waals surface area contributed by atoms with E-state index in [1.54, 1.807) is 18.2 Å². The van der Waals surface area contributed by atoms with E-state index in [-0.39, 0.29) is 41.9 Å². The lowest BCUT2D eigenvalue weighted by molar-refractivity contribution is 0.0640. The smallest absolute Gasteiger partial charge is 0.261 e. The molecule has 5 N–H and O–H groups in total. The quantitative estimate of drug-likeness (QED) is 0.155. The van der Waals surface area contributed by atoms with E-state index in [1.165, 1.54) is 17.2 Å². The van der Waals surface area contributed by atoms with E-state index in [9.17, 15) is 19.5 Å². The summed E-state index contributed by atoms with van der Waals surface area (Å²) in [5.41, 5.74) is 9.32. The molecule has 0 saturated carbocycles. The lowest BCUT2D eigenvalue weighted by atomic mass is 10.1. The van der Waals surface area contributed by atoms with Crippen LogP contribution in [0.2, 0.25) is 0 Å². The van der Waals surface area contributed by atoms with Crippen molar-refractivity contribution < 1.29 is 19.4 Å². The van der Waals surface area contributed by atoms with Crippen LogP contribution in [-0.4, -0.2) is 83.0 Å². The fourth-order valence-corrected chi connectivity index (χ4v) is 5.31. The van der Waals surface area contributed by atoms with Gasteiger partial charge in [-0.25, -0.2) is 4.99 Å². The van der Waals surface area contributed by atoms with Crippen LogP contribution < -0.4 is 21.3 Å². The number of rotatable bonds is 11. The number of benzene rings is 2. The van der Waals surface area contributed by atoms with Gasteiger partial charge in [-0.1, -0.05) is 17.7 Å². The number of aromatic amines is 1. The van der Waals surface area contributed by atoms with Gasteiger partial charge in [-0.05, 0) is 75.7 Å². The first kappa shape index (κ1) is 29.0. The molecule has 3 heterocycles. The van der Waals surface area contributed by atoms with E-state index in [4.69, 9.17) is 10.5 Å². The summed E-state index contributed by atoms with van der Waals surface area (Å²) < 4.78 is 5.76. The highest BCUT2D eigenvalue weighted by molar-refractivity contribution is 6.21. The second-order valence-electron chi connectivity index (χ2n) is 10.7. The monoisotopic (exact) mass is 572 g/mol. The molecule has 1 saturated heterocycles. The van der Waals surface area contributed by atoms with Gasteiger partial charge >= 0.3 is 0 Å². The largest absolute Gasteiger partial charge is 0.491 e. The Morgan fingerprint density at radius 1 is 1.05 bits per heavy atom. The van der Waals surface area contributed by atoms with E-state index in [1.807, 2.05) is 32.0 Å². The summed E-state index contributed by atoms with van der Waals surface area (Å²) in [7, 11) is 0. The topological polar surface area (TPSA) is 153 Å². The maximum Gasteiger partial charge on any atom is 0.261 e. The zero-order valence-corrected chi connectivity index (χ0v) is 23.9. The summed E-state index contributed by atoms with van der Waals surface area (Å²) in [6.07, 6.45) is 2.87. The number of pyridine rings is 1. The highest BCUT2D eigenvalue weighted by Crippen LogP contribution is 2.28. The number of aliphatic hydroxyl groups is 1. The van der Waals surface area contributed by atoms with Crippen LogP contribution in [0.4, 0.5) is 11.4 Å². The maximum absolute atomic E-state index is 13.1. The van der Waals surface area contributed by atoms with Gasteiger partial charge in [-0.2, -0.15) is 0 Å². The van der Waals surface area contributed by atoms with Crippen molar-refractivity contribution in [1.29, 1.82) is 0 Å². The molecule has 1 aromatic heterocycles. The van der Waals surface area contributed by atoms with Crippen LogP contribution in [0.3, 0.4) is 0 Å². The van der Waals surface area contributed by atoms with E-state index in [0.29, 0.717) is 35.8 Å². The number of carbonyl (C=O) groups excluding carboxylic acids is 2. The minimum absolute atomic E-state index is 0.0515. The highest BCUT2D eigenvalue weighted by Gasteiger charge is 2.35. The highest BCUT2D eigenvalue weighted by atomic mass is 16.5. The molecule has 2 aromatic carbocycles. The van der Waals surface area contributed by atoms with Gasteiger partial charge in [-0.3, -0.25) is 19.3 Å². The van der Waals surface area contributed by atoms with Crippen LogP contribution in [0.25, 0.3) is 0 Å². The third-order valence-electron chi connectivity index (χ3n) is 7.55. The number of likely N-dealkylation sites (tertiary alicyclic amines) is 1. The number of hydrogen-bond donors (Lipinski definition) is 4. The first-order valence-electron chi connectivity index (χ1n) is 14.1. The standard InChI is InChI=1S/C31H36N6O5/c1-19-5-8-26(20(2)15-19)42-18-22(38)17-34-25-9-10-33-29(39)27(25)28(32)35-21-6-7-23-24(16-21)31(41)37(30(23)40)14-13-36-11-3-4-12-36/h5-10,15-16,22,38H,3-4,11-14,17-18H2,1-2H3,(H2,32,35)(H2,33,34,39). The molecule has 2 amide bonds. The molecule has 5 rings (SSSR count). The predicted octanol–water partition coefficient (Wildman–Crippen LogP) is 2.57. The second kappa shape index (κ2) is 12.6. The third-order valence-corrected chi connectivity index (χ3v) is 7.55. The van der Waals surface area contributed by atoms with Crippen LogP contribution >= 0.6 is 0 Å². The molecule has 1 fully saturated rings. The normalized spacial score (nSPS) is 16.2. The number of fused-ring (bicyclic) bond motifs is 1. The molecule has 0 spiro atoms. The van der Waals surface area contributed by atoms with Gasteiger partial charge in [0.25, 0.3) is 17.4 Å². The Morgan fingerprint density at radius 2 is 1.81 bits per heavy atom. The van der Waals surface area contributed by atoms with Gasteiger partial charge in [-0.15, -0.1) is 0 Å². The van der Waals surface area contributed by atoms with Crippen molar-refractivity contribution in [2.24, 2.45) is 10.7 Å². The van der Waals surface area contributed by atoms with Crippen LogP contribution in [0.1, 0.15) is 50.2 Å². The fourth-order valence-electron chi connectivity index (χ4n) is 5.31. The fraction of sp³-hybridized carbons (Fsp3) is 0.355. The van der Waals surface area contributed by atoms with E-state index in [2.05, 4.69) is 20.2 Å². The molecule has 11 nitrogen and oxygen atoms in total. The Kier molecular flexibility index (Phi) is 8.69. The lowest BCUT2D eigenvalue weighted by Crippen LogP contribution is -2.37. The summed E-state index contributed by atoms with van der Waals surface area (Å²) in [4.78, 5) is 49.2. The van der Waals surface area contributed by atoms with Crippen molar-refractivity contribution >= 4 is 29.0 Å². The lowest BCUT2D eigenvalue weighted by Gasteiger charge is -2.19. The number of nitrogens with zero attached hydrogens (tertiary/aromatic N) is 3. The molecular weight excluding hydrogens is 536 g/mol. The summed E-state index contributed by atoms with van der Waals surface area (Å²) >= 11 is 0. The predicted molar refractivity (Wildman–Crippen MR) is 161 cm³/mol. The van der Waals surface area contributed by atoms with Crippen LogP contribution in [0.15, 0.2) is 58.4 Å². The van der Waals surface area contributed by atoms with E-state index < -0.39 is 11.7 Å². The summed E-state index contributed by atoms with van der Waals surface area (Å²) in [5.74, 6) is -0.0642. The molecule has 11 heteroatoms. The minimum Gasteiger partial charge on any atom is -0.491 e. The number of H-pyrrole nitrogens is 1. The average molecular weight is 573 g/mol. The second-order valence-corrected chi connectivity index (χ2v) is 10.7. The summed E-state index contributed by atoms with van der Waals surface area (Å²) in [6, 6.07) is 12.1. The number of nitrogens with two attached hydrogens (primary N) is 1. The maximum atomic E-state index is 13.1. The number of anilines is 1. The van der Waals surface area contributed by atoms with Gasteiger partial charge in [0.05, 0.1) is 22.5 Å². The molecule has 1 atom stereocenters. The van der Waals surface area contributed by atoms with Crippen LogP contribution in [0.5, 0.6) is 5.75 Å². The van der Waals surface area contributed by atoms with Crippen molar-refractivity contribution in [3.05, 3.63) is 86.8 Å². The molecule has 2 aliphatic rings. The number of ether oxygens (including phenoxy) is 1. The molecule has 2 aliphatic heterocycles. The van der Waals surface area contributed by atoms with Crippen LogP contribution in [0, 0.1) is 13.8 Å². The number of amides is 2. The van der Waals surface area contributed by atoms with Crippen molar-refractivity contribution in [2.75, 3.05) is 44.6 Å². The van der Waals surface area contributed by atoms with E-state index >= 15 is 0 Å². The van der Waals surface area contributed by atoms with Crippen molar-refractivity contribution in [1.82, 2.24) is 14.8 Å². The molecule has 0 aliphatic carbocycles. The van der Waals surface area contributed by atoms with Gasteiger partial charge in [0.1, 0.15) is 29.9 Å². The number of aromatic nitrogens is 1. The molecule has 0 bridgehead atoms. The van der Waals surface area contributed by atoms with Gasteiger partial charge in [0.2, 0.25) is 0 Å². The number of aliphatic hydroxyl groups excluding tert-OH is 1. The average Bonchev–Trinajstić information content (AvgIpc) is 3.56. The van der Waals surface area contributed by atoms with Gasteiger partial charge in [0.15, 0.2) is 0 Å². The van der Waals surface area contributed by atoms with E-state index in [0.717, 1.165) is 37.1 Å². The summed E-state index contributed by atoms with van der Waals surface area (Å²) in [6.45, 7) is 7.04. The number of imide groups is 1. The molecule has 3 aromatic rings. The Labute approximate surface area is 244 Å². The number of hydrogen-bond acceptors (Lipinski definition) is 8. The third kappa shape index (κ3) is 6.37. The first-order valence-corrected chi connectivity index (χ1v) is 14.1. The number of amidine groups is 1. The Bertz CT molecular complexity index is 1580. The molecular formula is C31H36N6O5. The number of aliphatic imine (C=N–C) groups is 1. The zero-order chi connectivity index (χ0) is 29.8. The zero-order valence-electron chi connectivity index (χ0n) is 23.9. The molecule has 42 heavy (non-hydrogen) atoms. The summed E-state index contributed by atoms with van der Waals surface area (Å²) in [5, 5.41) is 13.6. The Balaban J connectivity index is 1.26. The van der Waals surface area contributed by atoms with Crippen LogP contribution in [-0.2, 0) is 0 Å². The first-order chi connectivity index (χ1) is 20.2. The number of aryl methyl sites for hydroxylation is 2. The molecule has 220 valence electrons. The number of nitrogens with one attached hydrogen (secondary N) is 2. The van der Waals surface area contributed by atoms with Crippen molar-refractivity contribution in [3.63, 3.8) is 0 Å². The van der Waals surface area contributed by atoms with Crippen molar-refractivity contribution in [2.45, 2.75) is 32.8 Å². The van der Waals surface area contributed by atoms with Crippen molar-refractivity contribution in [3.8, 4) is 5.75 Å². The van der Waals surface area contributed by atoms with Gasteiger partial charge < -0.3 is 30.8 Å². The molecule has 1 unspecified atom stereocenters. The Morgan fingerprint density at radius 3 is 2.57 bits per heavy atom. The SMILES string of the molecule is Cc1ccc(OCC(O)CNc2cc[nH]c(=O)c2C(N)=Nc2ccc3c(c2)C(=O)N(CCN2CCCC2)C3=O)c(C)c1. The molecule has 0 radical (unpaired) electrons. The van der Waals surface area contributed by atoms with Gasteiger partial charge in [0, 0.05) is 25.8 Å². The number of carbonyl (C=O) groups is 2. The minimum atomic E-state index is -0.871. The Hall–Kier alpha value is -4.48.